The van der Waals surface area contributed by atoms with Crippen molar-refractivity contribution >= 4 is 11.6 Å². The van der Waals surface area contributed by atoms with Gasteiger partial charge in [-0.1, -0.05) is 6.92 Å². The van der Waals surface area contributed by atoms with Gasteiger partial charge in [-0.2, -0.15) is 0 Å². The van der Waals surface area contributed by atoms with E-state index >= 15 is 4.39 Å². The maximum absolute atomic E-state index is 15.1. The second-order valence-electron chi connectivity index (χ2n) is 9.60. The number of carbonyl (C=O) groups is 1. The molecule has 4 rings (SSSR count). The van der Waals surface area contributed by atoms with Crippen molar-refractivity contribution in [2.75, 3.05) is 18.5 Å². The van der Waals surface area contributed by atoms with Crippen molar-refractivity contribution in [1.82, 2.24) is 9.97 Å². The summed E-state index contributed by atoms with van der Waals surface area (Å²) < 4.78 is 49.6. The van der Waals surface area contributed by atoms with Crippen molar-refractivity contribution in [1.29, 1.82) is 0 Å². The lowest BCUT2D eigenvalue weighted by Gasteiger charge is -2.32. The molecule has 8 nitrogen and oxygen atoms in total. The molecule has 1 aliphatic rings. The maximum atomic E-state index is 15.1. The molecule has 1 aromatic carbocycles. The first-order valence-corrected chi connectivity index (χ1v) is 12.2. The Labute approximate surface area is 217 Å². The summed E-state index contributed by atoms with van der Waals surface area (Å²) in [5.41, 5.74) is 5.70. The summed E-state index contributed by atoms with van der Waals surface area (Å²) in [7, 11) is 0. The Bertz CT molecular complexity index is 1300. The number of hydrogen-bond acceptors (Lipinski definition) is 7. The van der Waals surface area contributed by atoms with E-state index in [1.165, 1.54) is 6.20 Å². The summed E-state index contributed by atoms with van der Waals surface area (Å²) in [5, 5.41) is 21.1. The Hall–Kier alpha value is -3.54. The van der Waals surface area contributed by atoms with Gasteiger partial charge in [0, 0.05) is 12.2 Å². The minimum atomic E-state index is -1.30. The first-order chi connectivity index (χ1) is 18.2. The predicted molar refractivity (Wildman–Crippen MR) is 134 cm³/mol. The molecule has 2 aromatic heterocycles. The fraction of sp³-hybridized carbons (Fsp3) is 0.370. The summed E-state index contributed by atoms with van der Waals surface area (Å²) in [6.07, 6.45) is 4.41. The molecule has 4 atom stereocenters. The molecule has 38 heavy (non-hydrogen) atoms. The number of aliphatic hydroxyl groups is 2. The molecule has 0 spiro atoms. The van der Waals surface area contributed by atoms with Crippen LogP contribution in [-0.4, -0.2) is 51.4 Å². The average molecular weight is 531 g/mol. The average Bonchev–Trinajstić information content (AvgIpc) is 2.88. The number of nitrogens with two attached hydrogens (primary N) is 1. The quantitative estimate of drug-likeness (QED) is 0.349. The van der Waals surface area contributed by atoms with Crippen LogP contribution in [0.3, 0.4) is 0 Å². The highest BCUT2D eigenvalue weighted by Gasteiger charge is 2.28. The summed E-state index contributed by atoms with van der Waals surface area (Å²) in [4.78, 5) is 21.1. The van der Waals surface area contributed by atoms with Gasteiger partial charge in [-0.15, -0.1) is 0 Å². The number of pyridine rings is 2. The molecule has 1 amide bonds. The topological polar surface area (TPSA) is 131 Å². The van der Waals surface area contributed by atoms with E-state index < -0.39 is 59.7 Å². The lowest BCUT2D eigenvalue weighted by molar-refractivity contribution is 0.0523. The number of benzene rings is 1. The number of aliphatic hydroxyl groups excluding tert-OH is 2. The standard InChI is InChI=1S/C27H29F3N4O4/c1-14-8-15(10-16(31)9-14)18-6-7-32-11-22(18)34-27(37)21-4-2-20(29)26(33-21)24-19(28)3-5-23(25(24)30)38-13-17(36)12-35/h2-7,11,14-17,35-36H,8-10,12-13,31H2,1H3,(H,34,37)/t14-,15+,16-,17-/m0/s1. The van der Waals surface area contributed by atoms with Crippen LogP contribution < -0.4 is 15.8 Å². The third-order valence-corrected chi connectivity index (χ3v) is 6.54. The van der Waals surface area contributed by atoms with E-state index in [1.807, 2.05) is 6.07 Å². The number of rotatable bonds is 8. The number of halogens is 3. The van der Waals surface area contributed by atoms with Crippen molar-refractivity contribution in [3.05, 3.63) is 71.4 Å². The summed E-state index contributed by atoms with van der Waals surface area (Å²) in [5.74, 6) is -4.12. The first kappa shape index (κ1) is 27.5. The lowest BCUT2D eigenvalue weighted by atomic mass is 9.76. The largest absolute Gasteiger partial charge is 0.488 e. The van der Waals surface area contributed by atoms with E-state index in [0.717, 1.165) is 49.1 Å². The third-order valence-electron chi connectivity index (χ3n) is 6.54. The van der Waals surface area contributed by atoms with Gasteiger partial charge in [-0.3, -0.25) is 9.78 Å². The van der Waals surface area contributed by atoms with E-state index in [2.05, 4.69) is 22.2 Å². The van der Waals surface area contributed by atoms with E-state index in [9.17, 15) is 18.7 Å². The molecule has 2 heterocycles. The van der Waals surface area contributed by atoms with Crippen LogP contribution in [0.5, 0.6) is 5.75 Å². The summed E-state index contributed by atoms with van der Waals surface area (Å²) >= 11 is 0. The van der Waals surface area contributed by atoms with Gasteiger partial charge in [0.25, 0.3) is 5.91 Å². The first-order valence-electron chi connectivity index (χ1n) is 12.2. The van der Waals surface area contributed by atoms with Gasteiger partial charge in [0.15, 0.2) is 11.6 Å². The van der Waals surface area contributed by atoms with Crippen molar-refractivity contribution in [3.8, 4) is 17.0 Å². The van der Waals surface area contributed by atoms with E-state index in [1.54, 1.807) is 6.20 Å². The van der Waals surface area contributed by atoms with E-state index in [4.69, 9.17) is 15.6 Å². The highest BCUT2D eigenvalue weighted by Crippen LogP contribution is 2.38. The number of anilines is 1. The normalized spacial score (nSPS) is 20.1. The van der Waals surface area contributed by atoms with Crippen LogP contribution >= 0.6 is 0 Å². The smallest absolute Gasteiger partial charge is 0.274 e. The van der Waals surface area contributed by atoms with Crippen LogP contribution in [0.15, 0.2) is 42.7 Å². The van der Waals surface area contributed by atoms with Gasteiger partial charge < -0.3 is 26.0 Å². The number of nitrogens with zero attached hydrogens (tertiary/aromatic N) is 2. The van der Waals surface area contributed by atoms with Gasteiger partial charge in [-0.25, -0.2) is 18.2 Å². The fourth-order valence-electron chi connectivity index (χ4n) is 4.81. The molecule has 202 valence electrons. The number of carbonyl (C=O) groups excluding carboxylic acids is 1. The van der Waals surface area contributed by atoms with Crippen LogP contribution in [0.25, 0.3) is 11.3 Å². The molecule has 1 fully saturated rings. The van der Waals surface area contributed by atoms with Crippen LogP contribution in [0.4, 0.5) is 18.9 Å². The van der Waals surface area contributed by atoms with Crippen LogP contribution in [0.1, 0.15) is 48.2 Å². The zero-order valence-corrected chi connectivity index (χ0v) is 20.7. The summed E-state index contributed by atoms with van der Waals surface area (Å²) in [6.45, 7) is 1.02. The molecule has 5 N–H and O–H groups in total. The van der Waals surface area contributed by atoms with Crippen molar-refractivity contribution in [2.45, 2.75) is 44.2 Å². The minimum absolute atomic E-state index is 0.0400. The number of aromatic nitrogens is 2. The zero-order chi connectivity index (χ0) is 27.4. The Morgan fingerprint density at radius 1 is 1.16 bits per heavy atom. The summed E-state index contributed by atoms with van der Waals surface area (Å²) in [6, 6.07) is 5.68. The highest BCUT2D eigenvalue weighted by atomic mass is 19.1. The van der Waals surface area contributed by atoms with Crippen molar-refractivity contribution in [2.24, 2.45) is 11.7 Å². The molecular formula is C27H29F3N4O4. The van der Waals surface area contributed by atoms with Crippen LogP contribution in [-0.2, 0) is 0 Å². The monoisotopic (exact) mass is 530 g/mol. The van der Waals surface area contributed by atoms with Gasteiger partial charge in [-0.05, 0) is 67.0 Å². The molecule has 1 saturated carbocycles. The SMILES string of the molecule is C[C@@H]1C[C@H](N)C[C@H](c2ccncc2NC(=O)c2ccc(F)c(-c3c(F)ccc(OC[C@@H](O)CO)c3F)n2)C1. The van der Waals surface area contributed by atoms with Crippen molar-refractivity contribution < 1.29 is 32.9 Å². The third kappa shape index (κ3) is 6.12. The van der Waals surface area contributed by atoms with E-state index in [-0.39, 0.29) is 17.7 Å². The number of ether oxygens (including phenoxy) is 1. The Balaban J connectivity index is 1.62. The second-order valence-corrected chi connectivity index (χ2v) is 9.60. The van der Waals surface area contributed by atoms with Gasteiger partial charge >= 0.3 is 0 Å². The molecule has 0 saturated heterocycles. The minimum Gasteiger partial charge on any atom is -0.488 e. The van der Waals surface area contributed by atoms with Crippen LogP contribution in [0, 0.1) is 23.4 Å². The van der Waals surface area contributed by atoms with Gasteiger partial charge in [0.05, 0.1) is 24.1 Å². The molecule has 0 aliphatic heterocycles. The number of nitrogens with one attached hydrogen (secondary N) is 1. The molecule has 11 heteroatoms. The molecular weight excluding hydrogens is 501 g/mol. The van der Waals surface area contributed by atoms with E-state index in [0.29, 0.717) is 11.6 Å². The highest BCUT2D eigenvalue weighted by molar-refractivity contribution is 6.03. The Kier molecular flexibility index (Phi) is 8.60. The zero-order valence-electron chi connectivity index (χ0n) is 20.7. The van der Waals surface area contributed by atoms with Gasteiger partial charge in [0.1, 0.15) is 35.7 Å². The number of hydrogen-bond donors (Lipinski definition) is 4. The lowest BCUT2D eigenvalue weighted by Crippen LogP contribution is -2.31. The molecule has 0 radical (unpaired) electrons. The van der Waals surface area contributed by atoms with Crippen LogP contribution in [0.2, 0.25) is 0 Å². The molecule has 1 aliphatic carbocycles. The second kappa shape index (κ2) is 11.9. The van der Waals surface area contributed by atoms with Gasteiger partial charge in [0.2, 0.25) is 0 Å². The van der Waals surface area contributed by atoms with Crippen molar-refractivity contribution in [3.63, 3.8) is 0 Å². The number of amides is 1. The predicted octanol–water partition coefficient (Wildman–Crippen LogP) is 3.78. The maximum Gasteiger partial charge on any atom is 0.274 e. The molecule has 3 aromatic rings. The Morgan fingerprint density at radius 3 is 2.66 bits per heavy atom. The molecule has 0 bridgehead atoms. The Morgan fingerprint density at radius 2 is 1.92 bits per heavy atom. The molecule has 0 unspecified atom stereocenters. The fourth-order valence-corrected chi connectivity index (χ4v) is 4.81.